The summed E-state index contributed by atoms with van der Waals surface area (Å²) in [6.07, 6.45) is 2.56. The molecule has 0 radical (unpaired) electrons. The number of hydrogen-bond acceptors (Lipinski definition) is 4. The molecule has 7 heteroatoms. The van der Waals surface area contributed by atoms with Crippen LogP contribution in [0.25, 0.3) is 16.8 Å². The predicted octanol–water partition coefficient (Wildman–Crippen LogP) is 4.06. The first kappa shape index (κ1) is 19.4. The van der Waals surface area contributed by atoms with Crippen molar-refractivity contribution in [2.75, 3.05) is 6.61 Å². The molecule has 0 saturated heterocycles. The second-order valence-electron chi connectivity index (χ2n) is 6.64. The van der Waals surface area contributed by atoms with E-state index in [2.05, 4.69) is 21.0 Å². The van der Waals surface area contributed by atoms with Gasteiger partial charge in [0.15, 0.2) is 0 Å². The summed E-state index contributed by atoms with van der Waals surface area (Å²) in [6.45, 7) is 2.66. The van der Waals surface area contributed by atoms with Gasteiger partial charge < -0.3 is 14.4 Å². The van der Waals surface area contributed by atoms with Gasteiger partial charge in [-0.3, -0.25) is 4.79 Å². The van der Waals surface area contributed by atoms with Crippen molar-refractivity contribution >= 4 is 21.4 Å². The Morgan fingerprint density at radius 1 is 1.14 bits per heavy atom. The summed E-state index contributed by atoms with van der Waals surface area (Å²) in [7, 11) is 0. The van der Waals surface area contributed by atoms with Crippen molar-refractivity contribution in [1.29, 1.82) is 0 Å². The van der Waals surface area contributed by atoms with Crippen LogP contribution in [0.3, 0.4) is 0 Å². The monoisotopic (exact) mass is 453 g/mol. The van der Waals surface area contributed by atoms with Crippen LogP contribution in [0.1, 0.15) is 18.6 Å². The summed E-state index contributed by atoms with van der Waals surface area (Å²) in [6, 6.07) is 16.8. The van der Waals surface area contributed by atoms with E-state index < -0.39 is 6.10 Å². The van der Waals surface area contributed by atoms with E-state index in [0.29, 0.717) is 17.8 Å². The molecule has 0 aliphatic heterocycles. The van der Waals surface area contributed by atoms with Crippen LogP contribution in [-0.2, 0) is 6.54 Å². The van der Waals surface area contributed by atoms with Gasteiger partial charge in [-0.05, 0) is 42.8 Å². The van der Waals surface area contributed by atoms with E-state index in [1.165, 1.54) is 4.57 Å². The van der Waals surface area contributed by atoms with Crippen LogP contribution >= 0.6 is 15.9 Å². The molecule has 1 atom stereocenters. The van der Waals surface area contributed by atoms with Gasteiger partial charge in [-0.1, -0.05) is 40.2 Å². The summed E-state index contributed by atoms with van der Waals surface area (Å²) >= 11 is 3.46. The number of nitrogens with zero attached hydrogens (tertiary/aromatic N) is 3. The zero-order valence-electron chi connectivity index (χ0n) is 15.8. The lowest BCUT2D eigenvalue weighted by molar-refractivity contribution is 0.155. The van der Waals surface area contributed by atoms with Gasteiger partial charge in [0.2, 0.25) is 0 Å². The standard InChI is InChI=1S/C22H20BrN3O3/c1-2-29-18-8-6-15(7-9-18)21(27)14-25-10-11-26-20(22(25)28)13-19(24-26)16-4-3-5-17(23)12-16/h3-13,21,27H,2,14H2,1H3. The van der Waals surface area contributed by atoms with Gasteiger partial charge in [-0.15, -0.1) is 0 Å². The van der Waals surface area contributed by atoms with E-state index in [-0.39, 0.29) is 12.1 Å². The molecule has 0 spiro atoms. The van der Waals surface area contributed by atoms with E-state index in [1.807, 2.05) is 55.5 Å². The third-order valence-electron chi connectivity index (χ3n) is 4.67. The highest BCUT2D eigenvalue weighted by molar-refractivity contribution is 9.10. The smallest absolute Gasteiger partial charge is 0.276 e. The lowest BCUT2D eigenvalue weighted by Gasteiger charge is -2.14. The normalized spacial score (nSPS) is 12.2. The Hall–Kier alpha value is -2.90. The van der Waals surface area contributed by atoms with E-state index in [1.54, 1.807) is 23.0 Å². The number of aliphatic hydroxyl groups is 1. The minimum absolute atomic E-state index is 0.153. The highest BCUT2D eigenvalue weighted by atomic mass is 79.9. The fourth-order valence-corrected chi connectivity index (χ4v) is 3.60. The van der Waals surface area contributed by atoms with Crippen LogP contribution in [0, 0.1) is 0 Å². The number of fused-ring (bicyclic) bond motifs is 1. The second-order valence-corrected chi connectivity index (χ2v) is 7.56. The third kappa shape index (κ3) is 4.11. The topological polar surface area (TPSA) is 68.8 Å². The Morgan fingerprint density at radius 3 is 2.66 bits per heavy atom. The number of rotatable bonds is 6. The highest BCUT2D eigenvalue weighted by Crippen LogP contribution is 2.23. The van der Waals surface area contributed by atoms with Crippen LogP contribution in [0.2, 0.25) is 0 Å². The zero-order valence-corrected chi connectivity index (χ0v) is 17.4. The lowest BCUT2D eigenvalue weighted by atomic mass is 10.1. The molecular weight excluding hydrogens is 434 g/mol. The molecule has 0 bridgehead atoms. The molecular formula is C22H20BrN3O3. The van der Waals surface area contributed by atoms with Gasteiger partial charge in [0.05, 0.1) is 24.9 Å². The fourth-order valence-electron chi connectivity index (χ4n) is 3.20. The SMILES string of the molecule is CCOc1ccc(C(O)Cn2ccn3nc(-c4cccc(Br)c4)cc3c2=O)cc1. The van der Waals surface area contributed by atoms with E-state index in [4.69, 9.17) is 4.74 Å². The van der Waals surface area contributed by atoms with E-state index in [0.717, 1.165) is 21.3 Å². The molecule has 0 saturated carbocycles. The summed E-state index contributed by atoms with van der Waals surface area (Å²) < 4.78 is 9.44. The molecule has 148 valence electrons. The summed E-state index contributed by atoms with van der Waals surface area (Å²) in [5, 5.41) is 15.1. The summed E-state index contributed by atoms with van der Waals surface area (Å²) in [5.74, 6) is 0.751. The van der Waals surface area contributed by atoms with Crippen molar-refractivity contribution in [3.05, 3.63) is 87.4 Å². The highest BCUT2D eigenvalue weighted by Gasteiger charge is 2.13. The molecule has 0 aliphatic carbocycles. The van der Waals surface area contributed by atoms with Gasteiger partial charge in [0, 0.05) is 22.4 Å². The number of ether oxygens (including phenoxy) is 1. The summed E-state index contributed by atoms with van der Waals surface area (Å²) in [5.41, 5.74) is 2.62. The largest absolute Gasteiger partial charge is 0.494 e. The molecule has 1 unspecified atom stereocenters. The first-order valence-electron chi connectivity index (χ1n) is 9.30. The molecule has 6 nitrogen and oxygen atoms in total. The van der Waals surface area contributed by atoms with Crippen molar-refractivity contribution in [2.45, 2.75) is 19.6 Å². The van der Waals surface area contributed by atoms with Gasteiger partial charge in [-0.2, -0.15) is 5.10 Å². The number of hydrogen-bond donors (Lipinski definition) is 1. The number of benzene rings is 2. The average molecular weight is 454 g/mol. The van der Waals surface area contributed by atoms with Gasteiger partial charge in [0.25, 0.3) is 5.56 Å². The van der Waals surface area contributed by atoms with Crippen molar-refractivity contribution < 1.29 is 9.84 Å². The molecule has 2 heterocycles. The average Bonchev–Trinajstić information content (AvgIpc) is 3.16. The molecule has 4 aromatic rings. The molecule has 2 aromatic heterocycles. The van der Waals surface area contributed by atoms with Crippen LogP contribution in [-0.4, -0.2) is 25.9 Å². The summed E-state index contributed by atoms with van der Waals surface area (Å²) in [4.78, 5) is 12.9. The van der Waals surface area contributed by atoms with Crippen LogP contribution < -0.4 is 10.3 Å². The fraction of sp³-hybridized carbons (Fsp3) is 0.182. The Morgan fingerprint density at radius 2 is 1.93 bits per heavy atom. The van der Waals surface area contributed by atoms with Crippen molar-refractivity contribution in [3.8, 4) is 17.0 Å². The maximum atomic E-state index is 12.9. The molecule has 0 amide bonds. The number of aliphatic hydroxyl groups excluding tert-OH is 1. The zero-order chi connectivity index (χ0) is 20.4. The first-order chi connectivity index (χ1) is 14.0. The van der Waals surface area contributed by atoms with Gasteiger partial charge in [0.1, 0.15) is 11.3 Å². The molecule has 29 heavy (non-hydrogen) atoms. The van der Waals surface area contributed by atoms with Crippen LogP contribution in [0.5, 0.6) is 5.75 Å². The lowest BCUT2D eigenvalue weighted by Crippen LogP contribution is -2.24. The quantitative estimate of drug-likeness (QED) is 0.477. The van der Waals surface area contributed by atoms with Crippen molar-refractivity contribution in [2.24, 2.45) is 0 Å². The van der Waals surface area contributed by atoms with Crippen LogP contribution in [0.15, 0.2) is 76.3 Å². The maximum Gasteiger partial charge on any atom is 0.276 e. The molecule has 2 aromatic carbocycles. The Bertz CT molecular complexity index is 1200. The second kappa shape index (κ2) is 8.23. The Balaban J connectivity index is 1.61. The number of aromatic nitrogens is 3. The number of halogens is 1. The van der Waals surface area contributed by atoms with Gasteiger partial charge in [-0.25, -0.2) is 4.52 Å². The van der Waals surface area contributed by atoms with Gasteiger partial charge >= 0.3 is 0 Å². The third-order valence-corrected chi connectivity index (χ3v) is 5.16. The molecule has 0 fully saturated rings. The predicted molar refractivity (Wildman–Crippen MR) is 115 cm³/mol. The van der Waals surface area contributed by atoms with Crippen molar-refractivity contribution in [1.82, 2.24) is 14.2 Å². The van der Waals surface area contributed by atoms with Crippen LogP contribution in [0.4, 0.5) is 0 Å². The Labute approximate surface area is 176 Å². The maximum absolute atomic E-state index is 12.9. The van der Waals surface area contributed by atoms with Crippen molar-refractivity contribution in [3.63, 3.8) is 0 Å². The Kier molecular flexibility index (Phi) is 5.51. The van der Waals surface area contributed by atoms with E-state index >= 15 is 0 Å². The first-order valence-corrected chi connectivity index (χ1v) is 10.1. The minimum atomic E-state index is -0.807. The van der Waals surface area contributed by atoms with E-state index in [9.17, 15) is 9.90 Å². The molecule has 4 rings (SSSR count). The minimum Gasteiger partial charge on any atom is -0.494 e. The molecule has 1 N–H and O–H groups in total. The molecule has 0 aliphatic rings.